The lowest BCUT2D eigenvalue weighted by Gasteiger charge is -2.06. The maximum Gasteiger partial charge on any atom is 0.0820 e. The van der Waals surface area contributed by atoms with Crippen LogP contribution in [0.15, 0.2) is 18.5 Å². The van der Waals surface area contributed by atoms with Crippen LogP contribution in [0, 0.1) is 0 Å². The van der Waals surface area contributed by atoms with Crippen molar-refractivity contribution in [2.24, 2.45) is 0 Å². The first-order valence-corrected chi connectivity index (χ1v) is 4.66. The van der Waals surface area contributed by atoms with Crippen LogP contribution in [0.2, 0.25) is 5.02 Å². The van der Waals surface area contributed by atoms with Crippen LogP contribution in [0.4, 0.5) is 5.69 Å². The highest BCUT2D eigenvalue weighted by Crippen LogP contribution is 2.18. The van der Waals surface area contributed by atoms with E-state index in [4.69, 9.17) is 16.7 Å². The summed E-state index contributed by atoms with van der Waals surface area (Å²) in [4.78, 5) is 3.88. The fraction of sp³-hybridized carbons (Fsp3) is 0.444. The highest BCUT2D eigenvalue weighted by atomic mass is 35.5. The summed E-state index contributed by atoms with van der Waals surface area (Å²) in [5, 5.41) is 12.3. The monoisotopic (exact) mass is 200 g/mol. The molecule has 3 nitrogen and oxygen atoms in total. The maximum absolute atomic E-state index is 8.55. The van der Waals surface area contributed by atoms with Gasteiger partial charge in [-0.2, -0.15) is 0 Å². The summed E-state index contributed by atoms with van der Waals surface area (Å²) in [6.07, 6.45) is 5.06. The Labute approximate surface area is 82.8 Å². The van der Waals surface area contributed by atoms with Crippen LogP contribution in [-0.4, -0.2) is 23.2 Å². The molecule has 0 aliphatic heterocycles. The van der Waals surface area contributed by atoms with E-state index >= 15 is 0 Å². The molecule has 0 spiro atoms. The van der Waals surface area contributed by atoms with Crippen molar-refractivity contribution in [2.75, 3.05) is 18.5 Å². The van der Waals surface area contributed by atoms with Crippen molar-refractivity contribution in [1.29, 1.82) is 0 Å². The quantitative estimate of drug-likeness (QED) is 0.714. The maximum atomic E-state index is 8.55. The number of aliphatic hydroxyl groups excluding tert-OH is 1. The Kier molecular flexibility index (Phi) is 4.57. The fourth-order valence-corrected chi connectivity index (χ4v) is 1.16. The Morgan fingerprint density at radius 3 is 3.00 bits per heavy atom. The van der Waals surface area contributed by atoms with Crippen molar-refractivity contribution >= 4 is 17.3 Å². The summed E-state index contributed by atoms with van der Waals surface area (Å²) in [6.45, 7) is 1.07. The van der Waals surface area contributed by atoms with Gasteiger partial charge in [0.15, 0.2) is 0 Å². The predicted molar refractivity (Wildman–Crippen MR) is 54.1 cm³/mol. The van der Waals surface area contributed by atoms with Crippen molar-refractivity contribution in [3.63, 3.8) is 0 Å². The zero-order chi connectivity index (χ0) is 9.52. The molecular formula is C9H13ClN2O. The first-order valence-electron chi connectivity index (χ1n) is 4.29. The zero-order valence-electron chi connectivity index (χ0n) is 7.33. The number of anilines is 1. The summed E-state index contributed by atoms with van der Waals surface area (Å²) in [5.41, 5.74) is 0.898. The van der Waals surface area contributed by atoms with Crippen molar-refractivity contribution in [3.8, 4) is 0 Å². The topological polar surface area (TPSA) is 45.1 Å². The van der Waals surface area contributed by atoms with Gasteiger partial charge in [-0.05, 0) is 18.9 Å². The minimum Gasteiger partial charge on any atom is -0.396 e. The first kappa shape index (κ1) is 10.3. The van der Waals surface area contributed by atoms with Gasteiger partial charge in [0.1, 0.15) is 0 Å². The summed E-state index contributed by atoms with van der Waals surface area (Å²) in [7, 11) is 0. The van der Waals surface area contributed by atoms with E-state index in [1.54, 1.807) is 12.4 Å². The van der Waals surface area contributed by atoms with Crippen molar-refractivity contribution in [1.82, 2.24) is 4.98 Å². The van der Waals surface area contributed by atoms with Gasteiger partial charge in [-0.25, -0.2) is 0 Å². The van der Waals surface area contributed by atoms with Gasteiger partial charge in [0.25, 0.3) is 0 Å². The second kappa shape index (κ2) is 5.78. The molecule has 72 valence electrons. The molecule has 0 radical (unpaired) electrons. The standard InChI is InChI=1S/C9H13ClN2O/c10-8-7-11-5-3-9(8)12-4-1-2-6-13/h3,5,7,13H,1-2,4,6H2,(H,11,12). The van der Waals surface area contributed by atoms with E-state index in [-0.39, 0.29) is 6.61 Å². The van der Waals surface area contributed by atoms with E-state index in [2.05, 4.69) is 10.3 Å². The molecule has 13 heavy (non-hydrogen) atoms. The molecule has 1 rings (SSSR count). The van der Waals surface area contributed by atoms with Crippen LogP contribution in [0.1, 0.15) is 12.8 Å². The number of nitrogens with one attached hydrogen (secondary N) is 1. The lowest BCUT2D eigenvalue weighted by molar-refractivity contribution is 0.286. The highest BCUT2D eigenvalue weighted by Gasteiger charge is 1.96. The van der Waals surface area contributed by atoms with Crippen LogP contribution < -0.4 is 5.32 Å². The highest BCUT2D eigenvalue weighted by molar-refractivity contribution is 6.33. The third-order valence-corrected chi connectivity index (χ3v) is 1.97. The Balaban J connectivity index is 2.32. The van der Waals surface area contributed by atoms with E-state index in [0.29, 0.717) is 5.02 Å². The van der Waals surface area contributed by atoms with Gasteiger partial charge < -0.3 is 10.4 Å². The van der Waals surface area contributed by atoms with E-state index in [0.717, 1.165) is 25.1 Å². The third-order valence-electron chi connectivity index (χ3n) is 1.67. The SMILES string of the molecule is OCCCCNc1ccncc1Cl. The third kappa shape index (κ3) is 3.61. The molecule has 0 aliphatic rings. The lowest BCUT2D eigenvalue weighted by atomic mass is 10.3. The van der Waals surface area contributed by atoms with Gasteiger partial charge in [0.2, 0.25) is 0 Å². The predicted octanol–water partition coefficient (Wildman–Crippen LogP) is 1.92. The molecule has 0 aromatic carbocycles. The summed E-state index contributed by atoms with van der Waals surface area (Å²) >= 11 is 5.86. The molecule has 0 saturated heterocycles. The van der Waals surface area contributed by atoms with Crippen LogP contribution in [0.3, 0.4) is 0 Å². The van der Waals surface area contributed by atoms with Gasteiger partial charge in [0.05, 0.1) is 10.7 Å². The number of rotatable bonds is 5. The molecule has 2 N–H and O–H groups in total. The average Bonchev–Trinajstić information content (AvgIpc) is 2.15. The molecule has 0 fully saturated rings. The molecule has 1 aromatic heterocycles. The summed E-state index contributed by atoms with van der Waals surface area (Å²) in [5.74, 6) is 0. The van der Waals surface area contributed by atoms with E-state index in [1.165, 1.54) is 0 Å². The van der Waals surface area contributed by atoms with Gasteiger partial charge in [0, 0.05) is 25.5 Å². The number of unbranched alkanes of at least 4 members (excludes halogenated alkanes) is 1. The molecule has 0 aliphatic carbocycles. The molecule has 0 saturated carbocycles. The molecule has 0 atom stereocenters. The molecule has 0 amide bonds. The molecule has 0 unspecified atom stereocenters. The number of hydrogen-bond donors (Lipinski definition) is 2. The van der Waals surface area contributed by atoms with E-state index < -0.39 is 0 Å². The Bertz CT molecular complexity index is 255. The Morgan fingerprint density at radius 1 is 1.46 bits per heavy atom. The molecule has 1 aromatic rings. The summed E-state index contributed by atoms with van der Waals surface area (Å²) < 4.78 is 0. The minimum absolute atomic E-state index is 0.242. The largest absolute Gasteiger partial charge is 0.396 e. The number of hydrogen-bond acceptors (Lipinski definition) is 3. The zero-order valence-corrected chi connectivity index (χ0v) is 8.09. The lowest BCUT2D eigenvalue weighted by Crippen LogP contribution is -2.02. The number of aromatic nitrogens is 1. The second-order valence-corrected chi connectivity index (χ2v) is 3.12. The van der Waals surface area contributed by atoms with Crippen molar-refractivity contribution < 1.29 is 5.11 Å². The second-order valence-electron chi connectivity index (χ2n) is 2.71. The van der Waals surface area contributed by atoms with Crippen LogP contribution >= 0.6 is 11.6 Å². The molecule has 4 heteroatoms. The van der Waals surface area contributed by atoms with Gasteiger partial charge >= 0.3 is 0 Å². The molecule has 1 heterocycles. The number of halogens is 1. The van der Waals surface area contributed by atoms with Gasteiger partial charge in [-0.15, -0.1) is 0 Å². The average molecular weight is 201 g/mol. The Hall–Kier alpha value is -0.800. The summed E-state index contributed by atoms with van der Waals surface area (Å²) in [6, 6.07) is 1.83. The number of nitrogens with zero attached hydrogens (tertiary/aromatic N) is 1. The smallest absolute Gasteiger partial charge is 0.0820 e. The molecular weight excluding hydrogens is 188 g/mol. The Morgan fingerprint density at radius 2 is 2.31 bits per heavy atom. The number of pyridine rings is 1. The van der Waals surface area contributed by atoms with Gasteiger partial charge in [-0.1, -0.05) is 11.6 Å². The molecule has 0 bridgehead atoms. The first-order chi connectivity index (χ1) is 6.34. The minimum atomic E-state index is 0.242. The number of aliphatic hydroxyl groups is 1. The fourth-order valence-electron chi connectivity index (χ4n) is 0.978. The van der Waals surface area contributed by atoms with Crippen LogP contribution in [0.5, 0.6) is 0 Å². The van der Waals surface area contributed by atoms with Crippen LogP contribution in [-0.2, 0) is 0 Å². The van der Waals surface area contributed by atoms with Crippen molar-refractivity contribution in [3.05, 3.63) is 23.5 Å². The van der Waals surface area contributed by atoms with Crippen molar-refractivity contribution in [2.45, 2.75) is 12.8 Å². The van der Waals surface area contributed by atoms with Crippen LogP contribution in [0.25, 0.3) is 0 Å². The van der Waals surface area contributed by atoms with E-state index in [9.17, 15) is 0 Å². The normalized spacial score (nSPS) is 10.0. The van der Waals surface area contributed by atoms with E-state index in [1.807, 2.05) is 6.07 Å². The van der Waals surface area contributed by atoms with Gasteiger partial charge in [-0.3, -0.25) is 4.98 Å².